The Balaban J connectivity index is 2.72. The van der Waals surface area contributed by atoms with Gasteiger partial charge in [-0.3, -0.25) is 9.48 Å². The fourth-order valence-electron chi connectivity index (χ4n) is 2.34. The van der Waals surface area contributed by atoms with Gasteiger partial charge in [0.2, 0.25) is 0 Å². The summed E-state index contributed by atoms with van der Waals surface area (Å²) in [7, 11) is 1.83. The lowest BCUT2D eigenvalue weighted by atomic mass is 9.96. The molecule has 17 heavy (non-hydrogen) atoms. The summed E-state index contributed by atoms with van der Waals surface area (Å²) < 4.78 is 1.68. The quantitative estimate of drug-likeness (QED) is 0.741. The minimum Gasteiger partial charge on any atom is -0.298 e. The Morgan fingerprint density at radius 1 is 1.18 bits per heavy atom. The molecule has 0 fully saturated rings. The van der Waals surface area contributed by atoms with Crippen molar-refractivity contribution in [2.75, 3.05) is 0 Å². The van der Waals surface area contributed by atoms with Crippen molar-refractivity contribution >= 4 is 6.29 Å². The molecule has 0 aliphatic carbocycles. The first-order valence-corrected chi connectivity index (χ1v) is 5.60. The number of nitrogens with zero attached hydrogens (tertiary/aromatic N) is 2. The van der Waals surface area contributed by atoms with Gasteiger partial charge in [0.05, 0.1) is 5.56 Å². The highest BCUT2D eigenvalue weighted by atomic mass is 16.1. The van der Waals surface area contributed by atoms with E-state index in [0.717, 1.165) is 28.7 Å². The first-order valence-electron chi connectivity index (χ1n) is 5.60. The van der Waals surface area contributed by atoms with Crippen LogP contribution in [0.3, 0.4) is 0 Å². The molecule has 0 aliphatic heterocycles. The molecule has 88 valence electrons. The second kappa shape index (κ2) is 4.17. The van der Waals surface area contributed by atoms with Crippen molar-refractivity contribution < 1.29 is 4.79 Å². The molecule has 0 saturated carbocycles. The third-order valence-electron chi connectivity index (χ3n) is 2.90. The summed E-state index contributed by atoms with van der Waals surface area (Å²) in [5, 5.41) is 4.39. The molecule has 0 amide bonds. The summed E-state index contributed by atoms with van der Waals surface area (Å²) in [6.07, 6.45) is 2.61. The average Bonchev–Trinajstić information content (AvgIpc) is 2.58. The molecule has 3 heteroatoms. The van der Waals surface area contributed by atoms with E-state index in [0.29, 0.717) is 5.56 Å². The number of rotatable bonds is 2. The van der Waals surface area contributed by atoms with Crippen LogP contribution in [-0.4, -0.2) is 16.1 Å². The Hall–Kier alpha value is -1.90. The summed E-state index contributed by atoms with van der Waals surface area (Å²) in [5.41, 5.74) is 6.03. The van der Waals surface area contributed by atoms with E-state index in [4.69, 9.17) is 0 Å². The van der Waals surface area contributed by atoms with Crippen LogP contribution in [-0.2, 0) is 7.05 Å². The smallest absolute Gasteiger partial charge is 0.153 e. The van der Waals surface area contributed by atoms with E-state index in [9.17, 15) is 4.79 Å². The number of aromatic nitrogens is 2. The molecule has 0 radical (unpaired) electrons. The van der Waals surface area contributed by atoms with Crippen LogP contribution in [0.1, 0.15) is 27.0 Å². The third-order valence-corrected chi connectivity index (χ3v) is 2.90. The van der Waals surface area contributed by atoms with Crippen molar-refractivity contribution in [3.63, 3.8) is 0 Å². The van der Waals surface area contributed by atoms with Gasteiger partial charge in [-0.15, -0.1) is 0 Å². The van der Waals surface area contributed by atoms with Crippen LogP contribution in [0.4, 0.5) is 0 Å². The summed E-state index contributed by atoms with van der Waals surface area (Å²) in [6, 6.07) is 4.23. The highest BCUT2D eigenvalue weighted by molar-refractivity contribution is 5.87. The van der Waals surface area contributed by atoms with Gasteiger partial charge in [0.25, 0.3) is 0 Å². The average molecular weight is 228 g/mol. The van der Waals surface area contributed by atoms with E-state index < -0.39 is 0 Å². The van der Waals surface area contributed by atoms with Crippen molar-refractivity contribution in [3.05, 3.63) is 40.6 Å². The molecule has 0 atom stereocenters. The Morgan fingerprint density at radius 3 is 2.29 bits per heavy atom. The molecule has 0 saturated heterocycles. The van der Waals surface area contributed by atoms with Crippen molar-refractivity contribution in [2.45, 2.75) is 20.8 Å². The molecule has 1 heterocycles. The molecule has 0 N–H and O–H groups in total. The minimum absolute atomic E-state index is 0.641. The number of aldehydes is 1. The van der Waals surface area contributed by atoms with Crippen LogP contribution in [0.15, 0.2) is 18.3 Å². The first kappa shape index (κ1) is 11.6. The van der Waals surface area contributed by atoms with Gasteiger partial charge in [-0.25, -0.2) is 0 Å². The van der Waals surface area contributed by atoms with Crippen LogP contribution in [0, 0.1) is 20.8 Å². The molecular formula is C14H16N2O. The van der Waals surface area contributed by atoms with Crippen molar-refractivity contribution in [1.29, 1.82) is 0 Å². The fourth-order valence-corrected chi connectivity index (χ4v) is 2.34. The Bertz CT molecular complexity index is 559. The normalized spacial score (nSPS) is 10.6. The lowest BCUT2D eigenvalue weighted by molar-refractivity contribution is 0.112. The molecule has 1 aromatic heterocycles. The SMILES string of the molecule is Cc1cc(C)c(-c2nn(C)cc2C=O)c(C)c1. The van der Waals surface area contributed by atoms with Crippen LogP contribution in [0.5, 0.6) is 0 Å². The summed E-state index contributed by atoms with van der Waals surface area (Å²) >= 11 is 0. The lowest BCUT2D eigenvalue weighted by Gasteiger charge is -2.09. The monoisotopic (exact) mass is 228 g/mol. The van der Waals surface area contributed by atoms with Gasteiger partial charge in [0, 0.05) is 18.8 Å². The predicted molar refractivity (Wildman–Crippen MR) is 68.2 cm³/mol. The van der Waals surface area contributed by atoms with Crippen LogP contribution in [0.25, 0.3) is 11.3 Å². The van der Waals surface area contributed by atoms with Crippen LogP contribution >= 0.6 is 0 Å². The second-order valence-corrected chi connectivity index (χ2v) is 4.50. The third kappa shape index (κ3) is 2.00. The van der Waals surface area contributed by atoms with Gasteiger partial charge in [-0.1, -0.05) is 17.7 Å². The molecule has 3 nitrogen and oxygen atoms in total. The predicted octanol–water partition coefficient (Wildman–Crippen LogP) is 2.82. The van der Waals surface area contributed by atoms with Gasteiger partial charge >= 0.3 is 0 Å². The van der Waals surface area contributed by atoms with Crippen molar-refractivity contribution in [2.24, 2.45) is 7.05 Å². The van der Waals surface area contributed by atoms with E-state index in [1.165, 1.54) is 5.56 Å². The summed E-state index contributed by atoms with van der Waals surface area (Å²) in [6.45, 7) is 6.18. The Kier molecular flexibility index (Phi) is 2.84. The number of benzene rings is 1. The van der Waals surface area contributed by atoms with E-state index in [-0.39, 0.29) is 0 Å². The van der Waals surface area contributed by atoms with Gasteiger partial charge in [0.15, 0.2) is 6.29 Å². The summed E-state index contributed by atoms with van der Waals surface area (Å²) in [5.74, 6) is 0. The van der Waals surface area contributed by atoms with Gasteiger partial charge in [-0.05, 0) is 31.9 Å². The van der Waals surface area contributed by atoms with E-state index in [1.807, 2.05) is 7.05 Å². The number of aryl methyl sites for hydroxylation is 4. The Morgan fingerprint density at radius 2 is 1.76 bits per heavy atom. The van der Waals surface area contributed by atoms with Gasteiger partial charge in [0.1, 0.15) is 5.69 Å². The maximum Gasteiger partial charge on any atom is 0.153 e. The second-order valence-electron chi connectivity index (χ2n) is 4.50. The van der Waals surface area contributed by atoms with Gasteiger partial charge in [-0.2, -0.15) is 5.10 Å². The molecule has 0 bridgehead atoms. The zero-order valence-electron chi connectivity index (χ0n) is 10.6. The zero-order valence-corrected chi connectivity index (χ0v) is 10.6. The number of carbonyl (C=O) groups excluding carboxylic acids is 1. The number of hydrogen-bond donors (Lipinski definition) is 0. The van der Waals surface area contributed by atoms with Gasteiger partial charge < -0.3 is 0 Å². The molecule has 0 unspecified atom stereocenters. The fraction of sp³-hybridized carbons (Fsp3) is 0.286. The van der Waals surface area contributed by atoms with Crippen LogP contribution < -0.4 is 0 Å². The largest absolute Gasteiger partial charge is 0.298 e. The van der Waals surface area contributed by atoms with E-state index >= 15 is 0 Å². The maximum absolute atomic E-state index is 11.1. The van der Waals surface area contributed by atoms with E-state index in [1.54, 1.807) is 10.9 Å². The highest BCUT2D eigenvalue weighted by Crippen LogP contribution is 2.28. The highest BCUT2D eigenvalue weighted by Gasteiger charge is 2.14. The minimum atomic E-state index is 0.641. The lowest BCUT2D eigenvalue weighted by Crippen LogP contribution is -1.94. The molecule has 0 aliphatic rings. The zero-order chi connectivity index (χ0) is 12.6. The van der Waals surface area contributed by atoms with Crippen molar-refractivity contribution in [3.8, 4) is 11.3 Å². The Labute approximate surface area is 101 Å². The molecular weight excluding hydrogens is 212 g/mol. The topological polar surface area (TPSA) is 34.9 Å². The summed E-state index contributed by atoms with van der Waals surface area (Å²) in [4.78, 5) is 11.1. The number of carbonyl (C=O) groups is 1. The molecule has 2 rings (SSSR count). The van der Waals surface area contributed by atoms with Crippen molar-refractivity contribution in [1.82, 2.24) is 9.78 Å². The maximum atomic E-state index is 11.1. The molecule has 1 aromatic carbocycles. The van der Waals surface area contributed by atoms with Crippen LogP contribution in [0.2, 0.25) is 0 Å². The number of hydrogen-bond acceptors (Lipinski definition) is 2. The standard InChI is InChI=1S/C14H16N2O/c1-9-5-10(2)13(11(3)6-9)14-12(8-17)7-16(4)15-14/h5-8H,1-4H3. The first-order chi connectivity index (χ1) is 8.02. The van der Waals surface area contributed by atoms with E-state index in [2.05, 4.69) is 38.0 Å². The molecule has 0 spiro atoms. The molecule has 2 aromatic rings.